The standard InChI is InChI=1S/C30H34F2O3/c1-3-5-6-7-8-12-20-34-35-30(33)26-19-18-24(23-14-10-9-11-15-23)28(29(26)32)25-17-16-22(13-4-2)21-27(25)31/h9-11,14-19,21H,3-8,12-13,20H2,1-2H3. The van der Waals surface area contributed by atoms with Gasteiger partial charge in [0.15, 0.2) is 0 Å². The van der Waals surface area contributed by atoms with Crippen molar-refractivity contribution in [1.82, 2.24) is 0 Å². The van der Waals surface area contributed by atoms with Gasteiger partial charge >= 0.3 is 5.97 Å². The SMILES string of the molecule is CCCCCCCCOOC(=O)c1ccc(-c2ccccc2)c(-c2ccc(CCC)cc2F)c1F. The van der Waals surface area contributed by atoms with Crippen LogP contribution in [0.15, 0.2) is 60.7 Å². The molecule has 0 aliphatic carbocycles. The van der Waals surface area contributed by atoms with Gasteiger partial charge in [-0.15, -0.1) is 0 Å². The largest absolute Gasteiger partial charge is 0.376 e. The Morgan fingerprint density at radius 1 is 0.800 bits per heavy atom. The van der Waals surface area contributed by atoms with Crippen LogP contribution in [0.4, 0.5) is 8.78 Å². The predicted octanol–water partition coefficient (Wildman–Crippen LogP) is 8.70. The van der Waals surface area contributed by atoms with Crippen LogP contribution >= 0.6 is 0 Å². The zero-order valence-electron chi connectivity index (χ0n) is 20.6. The summed E-state index contributed by atoms with van der Waals surface area (Å²) >= 11 is 0. The van der Waals surface area contributed by atoms with E-state index in [1.807, 2.05) is 37.3 Å². The quantitative estimate of drug-likeness (QED) is 0.139. The molecule has 0 unspecified atom stereocenters. The molecule has 3 aromatic rings. The number of carbonyl (C=O) groups excluding carboxylic acids is 1. The fourth-order valence-electron chi connectivity index (χ4n) is 4.14. The summed E-state index contributed by atoms with van der Waals surface area (Å²) in [6.07, 6.45) is 8.01. The molecule has 3 nitrogen and oxygen atoms in total. The van der Waals surface area contributed by atoms with Crippen molar-refractivity contribution in [3.05, 3.63) is 83.4 Å². The maximum absolute atomic E-state index is 15.8. The fourth-order valence-corrected chi connectivity index (χ4v) is 4.14. The van der Waals surface area contributed by atoms with Crippen LogP contribution in [0, 0.1) is 11.6 Å². The highest BCUT2D eigenvalue weighted by molar-refractivity contribution is 5.95. The lowest BCUT2D eigenvalue weighted by molar-refractivity contribution is -0.241. The minimum atomic E-state index is -0.933. The lowest BCUT2D eigenvalue weighted by Gasteiger charge is -2.15. The van der Waals surface area contributed by atoms with E-state index in [9.17, 15) is 4.79 Å². The molecule has 3 aromatic carbocycles. The second-order valence-corrected chi connectivity index (χ2v) is 8.74. The summed E-state index contributed by atoms with van der Waals surface area (Å²) < 4.78 is 31.0. The number of carbonyl (C=O) groups is 1. The Morgan fingerprint density at radius 3 is 2.23 bits per heavy atom. The maximum atomic E-state index is 15.8. The minimum Gasteiger partial charge on any atom is -0.293 e. The summed E-state index contributed by atoms with van der Waals surface area (Å²) in [6.45, 7) is 4.43. The van der Waals surface area contributed by atoms with Crippen molar-refractivity contribution in [2.75, 3.05) is 6.61 Å². The molecule has 0 aliphatic rings. The van der Waals surface area contributed by atoms with E-state index in [0.717, 1.165) is 43.2 Å². The molecule has 35 heavy (non-hydrogen) atoms. The number of rotatable bonds is 13. The Balaban J connectivity index is 1.84. The molecule has 0 aliphatic heterocycles. The number of halogens is 2. The van der Waals surface area contributed by atoms with Gasteiger partial charge in [0.25, 0.3) is 0 Å². The normalized spacial score (nSPS) is 11.0. The number of unbranched alkanes of at least 4 members (excludes halogenated alkanes) is 5. The van der Waals surface area contributed by atoms with Crippen molar-refractivity contribution >= 4 is 5.97 Å². The first-order valence-electron chi connectivity index (χ1n) is 12.6. The van der Waals surface area contributed by atoms with E-state index in [-0.39, 0.29) is 23.3 Å². The molecule has 0 aromatic heterocycles. The van der Waals surface area contributed by atoms with Crippen LogP contribution in [0.5, 0.6) is 0 Å². The van der Waals surface area contributed by atoms with E-state index in [1.165, 1.54) is 31.4 Å². The van der Waals surface area contributed by atoms with Gasteiger partial charge in [0.2, 0.25) is 0 Å². The first-order chi connectivity index (χ1) is 17.1. The Labute approximate surface area is 207 Å². The molecule has 0 atom stereocenters. The highest BCUT2D eigenvalue weighted by atomic mass is 19.1. The second kappa shape index (κ2) is 13.7. The van der Waals surface area contributed by atoms with E-state index < -0.39 is 17.6 Å². The monoisotopic (exact) mass is 480 g/mol. The van der Waals surface area contributed by atoms with Crippen molar-refractivity contribution in [2.45, 2.75) is 65.2 Å². The van der Waals surface area contributed by atoms with Gasteiger partial charge < -0.3 is 0 Å². The highest BCUT2D eigenvalue weighted by Crippen LogP contribution is 2.37. The van der Waals surface area contributed by atoms with Crippen LogP contribution in [-0.4, -0.2) is 12.6 Å². The van der Waals surface area contributed by atoms with Gasteiger partial charge in [0.1, 0.15) is 11.6 Å². The van der Waals surface area contributed by atoms with E-state index in [0.29, 0.717) is 5.56 Å². The first kappa shape index (κ1) is 26.6. The van der Waals surface area contributed by atoms with Crippen LogP contribution in [0.3, 0.4) is 0 Å². The molecule has 0 N–H and O–H groups in total. The Hall–Kier alpha value is -3.05. The molecular formula is C30H34F2O3. The molecule has 0 saturated carbocycles. The lowest BCUT2D eigenvalue weighted by Crippen LogP contribution is -2.10. The fraction of sp³-hybridized carbons (Fsp3) is 0.367. The molecular weight excluding hydrogens is 446 g/mol. The van der Waals surface area contributed by atoms with E-state index in [2.05, 4.69) is 6.92 Å². The molecule has 0 spiro atoms. The summed E-state index contributed by atoms with van der Waals surface area (Å²) in [6, 6.07) is 16.9. The van der Waals surface area contributed by atoms with Crippen LogP contribution in [0.2, 0.25) is 0 Å². The minimum absolute atomic E-state index is 0.0297. The zero-order chi connectivity index (χ0) is 25.0. The summed E-state index contributed by atoms with van der Waals surface area (Å²) in [5.41, 5.74) is 1.90. The van der Waals surface area contributed by atoms with Crippen LogP contribution < -0.4 is 0 Å². The molecule has 3 rings (SSSR count). The van der Waals surface area contributed by atoms with Crippen molar-refractivity contribution < 1.29 is 23.4 Å². The molecule has 0 heterocycles. The molecule has 0 amide bonds. The molecule has 5 heteroatoms. The van der Waals surface area contributed by atoms with Crippen LogP contribution in [0.1, 0.15) is 74.7 Å². The molecule has 0 fully saturated rings. The molecule has 0 saturated heterocycles. The Bertz CT molecular complexity index is 1100. The highest BCUT2D eigenvalue weighted by Gasteiger charge is 2.24. The third-order valence-corrected chi connectivity index (χ3v) is 6.00. The topological polar surface area (TPSA) is 35.5 Å². The van der Waals surface area contributed by atoms with Gasteiger partial charge in [0, 0.05) is 11.1 Å². The van der Waals surface area contributed by atoms with Crippen molar-refractivity contribution in [2.24, 2.45) is 0 Å². The first-order valence-corrected chi connectivity index (χ1v) is 12.6. The summed E-state index contributed by atoms with van der Waals surface area (Å²) in [5, 5.41) is 0. The van der Waals surface area contributed by atoms with Crippen molar-refractivity contribution in [3.8, 4) is 22.3 Å². The van der Waals surface area contributed by atoms with E-state index in [4.69, 9.17) is 9.78 Å². The van der Waals surface area contributed by atoms with Gasteiger partial charge in [-0.1, -0.05) is 101 Å². The van der Waals surface area contributed by atoms with Crippen molar-refractivity contribution in [1.29, 1.82) is 0 Å². The zero-order valence-corrected chi connectivity index (χ0v) is 20.6. The van der Waals surface area contributed by atoms with Gasteiger partial charge in [-0.2, -0.15) is 4.89 Å². The summed E-state index contributed by atoms with van der Waals surface area (Å²) in [7, 11) is 0. The molecule has 186 valence electrons. The average Bonchev–Trinajstić information content (AvgIpc) is 2.86. The second-order valence-electron chi connectivity index (χ2n) is 8.74. The van der Waals surface area contributed by atoms with Gasteiger partial charge in [0.05, 0.1) is 12.2 Å². The maximum Gasteiger partial charge on any atom is 0.376 e. The van der Waals surface area contributed by atoms with Gasteiger partial charge in [-0.3, -0.25) is 4.89 Å². The third kappa shape index (κ3) is 7.22. The predicted molar refractivity (Wildman–Crippen MR) is 136 cm³/mol. The lowest BCUT2D eigenvalue weighted by atomic mass is 9.91. The molecule has 0 bridgehead atoms. The Morgan fingerprint density at radius 2 is 1.51 bits per heavy atom. The summed E-state index contributed by atoms with van der Waals surface area (Å²) in [5.74, 6) is -2.30. The van der Waals surface area contributed by atoms with Crippen LogP contribution in [-0.2, 0) is 16.2 Å². The van der Waals surface area contributed by atoms with Gasteiger partial charge in [-0.25, -0.2) is 13.6 Å². The number of aryl methyl sites for hydroxylation is 1. The Kier molecular flexibility index (Phi) is 10.4. The smallest absolute Gasteiger partial charge is 0.293 e. The van der Waals surface area contributed by atoms with Gasteiger partial charge in [-0.05, 0) is 41.7 Å². The average molecular weight is 481 g/mol. The number of hydrogen-bond donors (Lipinski definition) is 0. The third-order valence-electron chi connectivity index (χ3n) is 6.00. The van der Waals surface area contributed by atoms with Crippen LogP contribution in [0.25, 0.3) is 22.3 Å². The summed E-state index contributed by atoms with van der Waals surface area (Å²) in [4.78, 5) is 22.5. The number of benzene rings is 3. The molecule has 0 radical (unpaired) electrons. The van der Waals surface area contributed by atoms with Crippen molar-refractivity contribution in [3.63, 3.8) is 0 Å². The number of hydrogen-bond acceptors (Lipinski definition) is 3. The van der Waals surface area contributed by atoms with E-state index in [1.54, 1.807) is 18.2 Å². The van der Waals surface area contributed by atoms with E-state index >= 15 is 8.78 Å².